The third-order valence-electron chi connectivity index (χ3n) is 3.00. The highest BCUT2D eigenvalue weighted by molar-refractivity contribution is 9.10. The second-order valence-electron chi connectivity index (χ2n) is 4.69. The summed E-state index contributed by atoms with van der Waals surface area (Å²) in [6, 6.07) is 7.87. The summed E-state index contributed by atoms with van der Waals surface area (Å²) in [6.07, 6.45) is 1.70. The minimum absolute atomic E-state index is 0.264. The van der Waals surface area contributed by atoms with E-state index >= 15 is 0 Å². The summed E-state index contributed by atoms with van der Waals surface area (Å²) in [4.78, 5) is 14.7. The molecule has 2 aromatic rings. The van der Waals surface area contributed by atoms with Gasteiger partial charge in [-0.1, -0.05) is 17.7 Å². The van der Waals surface area contributed by atoms with Crippen molar-refractivity contribution < 1.29 is 4.79 Å². The molecule has 4 nitrogen and oxygen atoms in total. The van der Waals surface area contributed by atoms with Gasteiger partial charge < -0.3 is 4.98 Å². The fourth-order valence-electron chi connectivity index (χ4n) is 1.88. The van der Waals surface area contributed by atoms with Crippen molar-refractivity contribution in [1.29, 1.82) is 0 Å². The predicted octanol–water partition coefficient (Wildman–Crippen LogP) is 3.55. The van der Waals surface area contributed by atoms with Gasteiger partial charge in [-0.25, -0.2) is 5.43 Å². The van der Waals surface area contributed by atoms with Gasteiger partial charge in [0.15, 0.2) is 0 Å². The number of hydrazone groups is 1. The number of aromatic amines is 1. The van der Waals surface area contributed by atoms with Gasteiger partial charge in [0.2, 0.25) is 0 Å². The van der Waals surface area contributed by atoms with Gasteiger partial charge in [-0.05, 0) is 54.4 Å². The molecule has 0 aliphatic rings. The van der Waals surface area contributed by atoms with E-state index in [1.54, 1.807) is 12.3 Å². The molecule has 0 aliphatic heterocycles. The van der Waals surface area contributed by atoms with E-state index in [9.17, 15) is 4.79 Å². The molecule has 0 saturated carbocycles. The number of halogens is 1. The van der Waals surface area contributed by atoms with E-state index in [0.29, 0.717) is 5.69 Å². The average Bonchev–Trinajstić information content (AvgIpc) is 2.85. The molecule has 5 heteroatoms. The van der Waals surface area contributed by atoms with Crippen LogP contribution in [0.15, 0.2) is 40.0 Å². The minimum Gasteiger partial charge on any atom is -0.356 e. The number of H-pyrrole nitrogens is 1. The smallest absolute Gasteiger partial charge is 0.287 e. The number of amides is 1. The van der Waals surface area contributed by atoms with Gasteiger partial charge in [0, 0.05) is 16.2 Å². The summed E-state index contributed by atoms with van der Waals surface area (Å²) in [5.41, 5.74) is 7.14. The molecular formula is C15H16BrN3O. The highest BCUT2D eigenvalue weighted by Crippen LogP contribution is 2.12. The first kappa shape index (κ1) is 14.5. The zero-order chi connectivity index (χ0) is 14.7. The highest BCUT2D eigenvalue weighted by atomic mass is 79.9. The molecule has 1 heterocycles. The van der Waals surface area contributed by atoms with Crippen LogP contribution < -0.4 is 5.43 Å². The zero-order valence-electron chi connectivity index (χ0n) is 11.6. The Bertz CT molecular complexity index is 674. The van der Waals surface area contributed by atoms with Crippen LogP contribution in [0.3, 0.4) is 0 Å². The first-order valence-corrected chi connectivity index (χ1v) is 7.03. The molecule has 2 rings (SSSR count). The van der Waals surface area contributed by atoms with Gasteiger partial charge in [-0.2, -0.15) is 5.10 Å². The third kappa shape index (κ3) is 3.36. The maximum atomic E-state index is 11.9. The molecule has 0 unspecified atom stereocenters. The van der Waals surface area contributed by atoms with Gasteiger partial charge in [0.25, 0.3) is 5.91 Å². The van der Waals surface area contributed by atoms with Crippen molar-refractivity contribution in [2.75, 3.05) is 0 Å². The van der Waals surface area contributed by atoms with Crippen molar-refractivity contribution >= 4 is 27.5 Å². The topological polar surface area (TPSA) is 57.2 Å². The van der Waals surface area contributed by atoms with E-state index in [2.05, 4.69) is 43.6 Å². The Morgan fingerprint density at radius 3 is 2.70 bits per heavy atom. The molecule has 1 aromatic carbocycles. The molecule has 104 valence electrons. The SMILES string of the molecule is C/C(=N/NC(=O)c1cc(Br)c[nH]1)c1cc(C)ccc1C. The number of aromatic nitrogens is 1. The van der Waals surface area contributed by atoms with Gasteiger partial charge in [0.05, 0.1) is 5.71 Å². The van der Waals surface area contributed by atoms with Crippen molar-refractivity contribution in [2.24, 2.45) is 5.10 Å². The number of rotatable bonds is 3. The second-order valence-corrected chi connectivity index (χ2v) is 5.60. The standard InChI is InChI=1S/C15H16BrN3O/c1-9-4-5-10(2)13(6-9)11(3)18-19-15(20)14-7-12(16)8-17-14/h4-8,17H,1-3H3,(H,19,20)/b18-11-. The number of carbonyl (C=O) groups is 1. The third-order valence-corrected chi connectivity index (χ3v) is 3.46. The number of nitrogens with zero attached hydrogens (tertiary/aromatic N) is 1. The van der Waals surface area contributed by atoms with Crippen LogP contribution in [0.25, 0.3) is 0 Å². The van der Waals surface area contributed by atoms with Crippen LogP contribution in [0.2, 0.25) is 0 Å². The molecule has 1 amide bonds. The second kappa shape index (κ2) is 6.05. The van der Waals surface area contributed by atoms with Crippen molar-refractivity contribution in [3.05, 3.63) is 57.3 Å². The summed E-state index contributed by atoms with van der Waals surface area (Å²) in [7, 11) is 0. The lowest BCUT2D eigenvalue weighted by Crippen LogP contribution is -2.19. The molecule has 0 aliphatic carbocycles. The van der Waals surface area contributed by atoms with E-state index in [1.165, 1.54) is 5.56 Å². The monoisotopic (exact) mass is 333 g/mol. The number of benzene rings is 1. The Labute approximate surface area is 126 Å². The predicted molar refractivity (Wildman–Crippen MR) is 84.1 cm³/mol. The van der Waals surface area contributed by atoms with Crippen LogP contribution in [-0.2, 0) is 0 Å². The fraction of sp³-hybridized carbons (Fsp3) is 0.200. The molecular weight excluding hydrogens is 318 g/mol. The average molecular weight is 334 g/mol. The van der Waals surface area contributed by atoms with Crippen LogP contribution in [-0.4, -0.2) is 16.6 Å². The largest absolute Gasteiger partial charge is 0.356 e. The Hall–Kier alpha value is -1.88. The number of carbonyl (C=O) groups excluding carboxylic acids is 1. The number of hydrogen-bond donors (Lipinski definition) is 2. The van der Waals surface area contributed by atoms with Crippen LogP contribution >= 0.6 is 15.9 Å². The van der Waals surface area contributed by atoms with Crippen LogP contribution in [0.5, 0.6) is 0 Å². The molecule has 0 fully saturated rings. The maximum Gasteiger partial charge on any atom is 0.287 e. The number of hydrogen-bond acceptors (Lipinski definition) is 2. The number of aryl methyl sites for hydroxylation is 2. The Kier molecular flexibility index (Phi) is 4.39. The quantitative estimate of drug-likeness (QED) is 0.655. The molecule has 0 radical (unpaired) electrons. The Morgan fingerprint density at radius 1 is 1.30 bits per heavy atom. The van der Waals surface area contributed by atoms with Crippen molar-refractivity contribution in [1.82, 2.24) is 10.4 Å². The van der Waals surface area contributed by atoms with Gasteiger partial charge in [0.1, 0.15) is 5.69 Å². The van der Waals surface area contributed by atoms with Gasteiger partial charge in [-0.3, -0.25) is 4.79 Å². The van der Waals surface area contributed by atoms with Gasteiger partial charge in [-0.15, -0.1) is 0 Å². The molecule has 0 bridgehead atoms. The highest BCUT2D eigenvalue weighted by Gasteiger charge is 2.08. The normalized spacial score (nSPS) is 11.5. The number of nitrogens with one attached hydrogen (secondary N) is 2. The van der Waals surface area contributed by atoms with Crippen LogP contribution in [0.4, 0.5) is 0 Å². The van der Waals surface area contributed by atoms with E-state index in [-0.39, 0.29) is 5.91 Å². The molecule has 0 atom stereocenters. The lowest BCUT2D eigenvalue weighted by Gasteiger charge is -2.07. The first-order valence-electron chi connectivity index (χ1n) is 6.23. The van der Waals surface area contributed by atoms with Crippen molar-refractivity contribution in [3.8, 4) is 0 Å². The van der Waals surface area contributed by atoms with Crippen molar-refractivity contribution in [3.63, 3.8) is 0 Å². The van der Waals surface area contributed by atoms with E-state index in [1.807, 2.05) is 26.8 Å². The van der Waals surface area contributed by atoms with E-state index < -0.39 is 0 Å². The van der Waals surface area contributed by atoms with Crippen LogP contribution in [0, 0.1) is 13.8 Å². The Balaban J connectivity index is 2.15. The Morgan fingerprint density at radius 2 is 2.05 bits per heavy atom. The van der Waals surface area contributed by atoms with Crippen LogP contribution in [0.1, 0.15) is 34.1 Å². The lowest BCUT2D eigenvalue weighted by molar-refractivity contribution is 0.0950. The summed E-state index contributed by atoms with van der Waals surface area (Å²) >= 11 is 3.29. The van der Waals surface area contributed by atoms with Gasteiger partial charge >= 0.3 is 0 Å². The maximum absolute atomic E-state index is 11.9. The molecule has 0 spiro atoms. The molecule has 20 heavy (non-hydrogen) atoms. The fourth-order valence-corrected chi connectivity index (χ4v) is 2.22. The summed E-state index contributed by atoms with van der Waals surface area (Å²) in [5.74, 6) is -0.264. The first-order chi connectivity index (χ1) is 9.47. The van der Waals surface area contributed by atoms with E-state index in [0.717, 1.165) is 21.3 Å². The summed E-state index contributed by atoms with van der Waals surface area (Å²) in [6.45, 7) is 5.94. The minimum atomic E-state index is -0.264. The van der Waals surface area contributed by atoms with Crippen molar-refractivity contribution in [2.45, 2.75) is 20.8 Å². The summed E-state index contributed by atoms with van der Waals surface area (Å²) in [5, 5.41) is 4.16. The van der Waals surface area contributed by atoms with E-state index in [4.69, 9.17) is 0 Å². The summed E-state index contributed by atoms with van der Waals surface area (Å²) < 4.78 is 0.831. The molecule has 1 aromatic heterocycles. The molecule has 2 N–H and O–H groups in total. The molecule has 0 saturated heterocycles. The lowest BCUT2D eigenvalue weighted by atomic mass is 10.0. The zero-order valence-corrected chi connectivity index (χ0v) is 13.2.